The molecule has 0 N–H and O–H groups in total. The molecule has 0 bridgehead atoms. The Morgan fingerprint density at radius 3 is 1.32 bits per heavy atom. The topological polar surface area (TPSA) is 8.17 Å². The first-order valence-corrected chi connectivity index (χ1v) is 19.2. The summed E-state index contributed by atoms with van der Waals surface area (Å²) in [7, 11) is 0. The van der Waals surface area contributed by atoms with E-state index in [0.29, 0.717) is 0 Å². The van der Waals surface area contributed by atoms with E-state index in [-0.39, 0.29) is 0 Å². The highest BCUT2D eigenvalue weighted by molar-refractivity contribution is 6.10. The molecular weight excluding hydrogens is 677 g/mol. The Kier molecular flexibility index (Phi) is 8.55. The van der Waals surface area contributed by atoms with E-state index in [1.54, 1.807) is 0 Å². The molecule has 0 saturated carbocycles. The third kappa shape index (κ3) is 6.14. The maximum Gasteiger partial charge on any atom is 0.0561 e. The molecule has 2 nitrogen and oxygen atoms in total. The predicted molar refractivity (Wildman–Crippen MR) is 237 cm³/mol. The molecular formula is C54H38N2. The van der Waals surface area contributed by atoms with Crippen LogP contribution in [0.1, 0.15) is 0 Å². The number of anilines is 3. The van der Waals surface area contributed by atoms with Crippen molar-refractivity contribution in [1.82, 2.24) is 4.57 Å². The molecule has 264 valence electrons. The number of nitrogens with zero attached hydrogens (tertiary/aromatic N) is 2. The summed E-state index contributed by atoms with van der Waals surface area (Å²) in [5.41, 5.74) is 16.3. The zero-order valence-corrected chi connectivity index (χ0v) is 30.8. The Morgan fingerprint density at radius 1 is 0.286 bits per heavy atom. The standard InChI is InChI=1S/C54H38N2/c1-4-14-39(15-5-1)42-24-26-45(27-25-42)49-20-10-12-22-52(49)55(46-32-28-43(29-33-46)40-16-6-2-7-17-40)48-36-37-51-50-21-11-13-23-53(50)56(54(51)38-48)47-34-30-44(31-35-47)41-18-8-3-9-19-41/h1-38H. The Labute approximate surface area is 327 Å². The molecule has 0 aliphatic carbocycles. The minimum absolute atomic E-state index is 1.09. The second kappa shape index (κ2) is 14.4. The molecule has 9 aromatic carbocycles. The van der Waals surface area contributed by atoms with E-state index >= 15 is 0 Å². The van der Waals surface area contributed by atoms with Crippen molar-refractivity contribution < 1.29 is 0 Å². The van der Waals surface area contributed by atoms with Gasteiger partial charge < -0.3 is 9.47 Å². The lowest BCUT2D eigenvalue weighted by Crippen LogP contribution is -2.11. The summed E-state index contributed by atoms with van der Waals surface area (Å²) in [5.74, 6) is 0. The van der Waals surface area contributed by atoms with Gasteiger partial charge in [0.05, 0.1) is 16.7 Å². The molecule has 10 aromatic rings. The quantitative estimate of drug-likeness (QED) is 0.152. The fourth-order valence-electron chi connectivity index (χ4n) is 8.06. The first-order chi connectivity index (χ1) is 27.8. The van der Waals surface area contributed by atoms with Crippen LogP contribution in [0.2, 0.25) is 0 Å². The molecule has 2 heteroatoms. The molecule has 10 rings (SSSR count). The first-order valence-electron chi connectivity index (χ1n) is 19.2. The van der Waals surface area contributed by atoms with Gasteiger partial charge in [-0.3, -0.25) is 0 Å². The smallest absolute Gasteiger partial charge is 0.0561 e. The fraction of sp³-hybridized carbons (Fsp3) is 0. The van der Waals surface area contributed by atoms with Gasteiger partial charge in [-0.05, 0) is 87.5 Å². The van der Waals surface area contributed by atoms with Crippen LogP contribution in [0.15, 0.2) is 231 Å². The number of para-hydroxylation sites is 2. The van der Waals surface area contributed by atoms with E-state index in [1.807, 2.05) is 0 Å². The van der Waals surface area contributed by atoms with E-state index in [0.717, 1.165) is 33.8 Å². The van der Waals surface area contributed by atoms with Crippen LogP contribution in [0, 0.1) is 0 Å². The highest BCUT2D eigenvalue weighted by atomic mass is 15.1. The van der Waals surface area contributed by atoms with Gasteiger partial charge in [0.25, 0.3) is 0 Å². The van der Waals surface area contributed by atoms with Gasteiger partial charge in [-0.25, -0.2) is 0 Å². The monoisotopic (exact) mass is 714 g/mol. The lowest BCUT2D eigenvalue weighted by Gasteiger charge is -2.28. The third-order valence-electron chi connectivity index (χ3n) is 10.8. The van der Waals surface area contributed by atoms with Crippen LogP contribution in [0.5, 0.6) is 0 Å². The van der Waals surface area contributed by atoms with Crippen LogP contribution >= 0.6 is 0 Å². The SMILES string of the molecule is c1ccc(-c2ccc(-c3ccccc3N(c3ccc(-c4ccccc4)cc3)c3ccc4c5ccccc5n(-c5ccc(-c6ccccc6)cc5)c4c3)cc2)cc1. The molecule has 0 aliphatic heterocycles. The van der Waals surface area contributed by atoms with E-state index in [4.69, 9.17) is 0 Å². The van der Waals surface area contributed by atoms with Gasteiger partial charge in [0.2, 0.25) is 0 Å². The van der Waals surface area contributed by atoms with Crippen LogP contribution in [0.25, 0.3) is 72.0 Å². The highest BCUT2D eigenvalue weighted by Gasteiger charge is 2.20. The molecule has 1 heterocycles. The second-order valence-corrected chi connectivity index (χ2v) is 14.2. The number of rotatable bonds is 8. The number of fused-ring (bicyclic) bond motifs is 3. The average Bonchev–Trinajstić information content (AvgIpc) is 3.61. The Bertz CT molecular complexity index is 2910. The van der Waals surface area contributed by atoms with Gasteiger partial charge in [0, 0.05) is 33.4 Å². The molecule has 56 heavy (non-hydrogen) atoms. The molecule has 0 aliphatic rings. The minimum Gasteiger partial charge on any atom is -0.310 e. The summed E-state index contributed by atoms with van der Waals surface area (Å²) < 4.78 is 2.41. The maximum atomic E-state index is 2.41. The zero-order valence-electron chi connectivity index (χ0n) is 30.8. The molecule has 0 atom stereocenters. The van der Waals surface area contributed by atoms with Crippen LogP contribution in [0.4, 0.5) is 17.1 Å². The van der Waals surface area contributed by atoms with Crippen molar-refractivity contribution >= 4 is 38.9 Å². The second-order valence-electron chi connectivity index (χ2n) is 14.2. The summed E-state index contributed by atoms with van der Waals surface area (Å²) >= 11 is 0. The van der Waals surface area contributed by atoms with Gasteiger partial charge in [-0.2, -0.15) is 0 Å². The average molecular weight is 715 g/mol. The molecule has 0 spiro atoms. The Hall–Kier alpha value is -7.42. The summed E-state index contributed by atoms with van der Waals surface area (Å²) in [4.78, 5) is 2.41. The summed E-state index contributed by atoms with van der Waals surface area (Å²) in [6.07, 6.45) is 0. The van der Waals surface area contributed by atoms with Crippen molar-refractivity contribution in [2.45, 2.75) is 0 Å². The highest BCUT2D eigenvalue weighted by Crippen LogP contribution is 2.44. The Balaban J connectivity index is 1.14. The summed E-state index contributed by atoms with van der Waals surface area (Å²) in [5, 5.41) is 2.46. The van der Waals surface area contributed by atoms with Gasteiger partial charge in [0.15, 0.2) is 0 Å². The molecule has 0 fully saturated rings. The van der Waals surface area contributed by atoms with Crippen molar-refractivity contribution in [2.75, 3.05) is 4.90 Å². The normalized spacial score (nSPS) is 11.2. The van der Waals surface area contributed by atoms with Crippen molar-refractivity contribution in [3.05, 3.63) is 231 Å². The van der Waals surface area contributed by atoms with Gasteiger partial charge in [-0.15, -0.1) is 0 Å². The number of hydrogen-bond acceptors (Lipinski definition) is 1. The van der Waals surface area contributed by atoms with Crippen molar-refractivity contribution in [3.8, 4) is 50.2 Å². The Morgan fingerprint density at radius 2 is 0.714 bits per heavy atom. The zero-order chi connectivity index (χ0) is 37.3. The number of hydrogen-bond donors (Lipinski definition) is 0. The van der Waals surface area contributed by atoms with Crippen molar-refractivity contribution in [1.29, 1.82) is 0 Å². The predicted octanol–water partition coefficient (Wildman–Crippen LogP) is 14.9. The van der Waals surface area contributed by atoms with Gasteiger partial charge in [-0.1, -0.05) is 182 Å². The lowest BCUT2D eigenvalue weighted by molar-refractivity contribution is 1.18. The van der Waals surface area contributed by atoms with Gasteiger partial charge >= 0.3 is 0 Å². The fourth-order valence-corrected chi connectivity index (χ4v) is 8.06. The van der Waals surface area contributed by atoms with Crippen LogP contribution < -0.4 is 4.90 Å². The van der Waals surface area contributed by atoms with E-state index in [2.05, 4.69) is 240 Å². The lowest BCUT2D eigenvalue weighted by atomic mass is 9.98. The molecule has 1 aromatic heterocycles. The van der Waals surface area contributed by atoms with E-state index in [9.17, 15) is 0 Å². The van der Waals surface area contributed by atoms with E-state index < -0.39 is 0 Å². The largest absolute Gasteiger partial charge is 0.310 e. The maximum absolute atomic E-state index is 2.41. The minimum atomic E-state index is 1.09. The first kappa shape index (κ1) is 33.2. The summed E-state index contributed by atoms with van der Waals surface area (Å²) in [6, 6.07) is 83.1. The van der Waals surface area contributed by atoms with E-state index in [1.165, 1.54) is 55.2 Å². The molecule has 0 radical (unpaired) electrons. The summed E-state index contributed by atoms with van der Waals surface area (Å²) in [6.45, 7) is 0. The number of benzene rings is 9. The van der Waals surface area contributed by atoms with Crippen molar-refractivity contribution in [2.24, 2.45) is 0 Å². The van der Waals surface area contributed by atoms with Crippen LogP contribution in [0.3, 0.4) is 0 Å². The third-order valence-corrected chi connectivity index (χ3v) is 10.8. The molecule has 0 unspecified atom stereocenters. The molecule has 0 saturated heterocycles. The van der Waals surface area contributed by atoms with Gasteiger partial charge in [0.1, 0.15) is 0 Å². The van der Waals surface area contributed by atoms with Crippen LogP contribution in [-0.2, 0) is 0 Å². The molecule has 0 amide bonds. The van der Waals surface area contributed by atoms with Crippen molar-refractivity contribution in [3.63, 3.8) is 0 Å². The van der Waals surface area contributed by atoms with Crippen LogP contribution in [-0.4, -0.2) is 4.57 Å². The number of aromatic nitrogens is 1.